The maximum absolute atomic E-state index is 6.50. The van der Waals surface area contributed by atoms with Gasteiger partial charge in [-0.1, -0.05) is 64.1 Å². The standard InChI is InChI=1S/C27H36B2O2/c1-24(2)16-28(30-26(24,5)6)20-9-11-22-18(14-20)13-19-15-21(10-12-23(19)22)29-17-25(3,4)27(7,8)31-29/h9-12,14-15H,13,16-17H2,1-8H3. The van der Waals surface area contributed by atoms with Crippen LogP contribution in [0, 0.1) is 10.8 Å². The third-order valence-electron chi connectivity index (χ3n) is 9.20. The third kappa shape index (κ3) is 3.25. The van der Waals surface area contributed by atoms with Crippen LogP contribution in [0.1, 0.15) is 66.5 Å². The molecule has 2 heterocycles. The Labute approximate surface area is 189 Å². The van der Waals surface area contributed by atoms with E-state index in [1.54, 1.807) is 0 Å². The van der Waals surface area contributed by atoms with Crippen LogP contribution in [0.15, 0.2) is 36.4 Å². The molecule has 2 aliphatic heterocycles. The molecule has 0 spiro atoms. The number of benzene rings is 2. The molecule has 0 N–H and O–H groups in total. The van der Waals surface area contributed by atoms with Crippen LogP contribution >= 0.6 is 0 Å². The molecule has 2 aromatic carbocycles. The van der Waals surface area contributed by atoms with Crippen LogP contribution in [-0.2, 0) is 15.7 Å². The lowest BCUT2D eigenvalue weighted by Gasteiger charge is -2.34. The first-order valence-electron chi connectivity index (χ1n) is 11.9. The van der Waals surface area contributed by atoms with E-state index in [0.29, 0.717) is 0 Å². The van der Waals surface area contributed by atoms with Gasteiger partial charge in [0.25, 0.3) is 0 Å². The van der Waals surface area contributed by atoms with Crippen molar-refractivity contribution in [1.82, 2.24) is 0 Å². The van der Waals surface area contributed by atoms with Gasteiger partial charge in [-0.15, -0.1) is 0 Å². The van der Waals surface area contributed by atoms with Crippen molar-refractivity contribution < 1.29 is 9.31 Å². The summed E-state index contributed by atoms with van der Waals surface area (Å²) in [5.41, 5.74) is 8.45. The summed E-state index contributed by atoms with van der Waals surface area (Å²) in [4.78, 5) is 0. The van der Waals surface area contributed by atoms with Crippen molar-refractivity contribution in [3.8, 4) is 11.1 Å². The van der Waals surface area contributed by atoms with E-state index in [0.717, 1.165) is 19.1 Å². The van der Waals surface area contributed by atoms with Gasteiger partial charge < -0.3 is 9.31 Å². The fourth-order valence-corrected chi connectivity index (χ4v) is 5.56. The van der Waals surface area contributed by atoms with Gasteiger partial charge in [0.15, 0.2) is 0 Å². The second-order valence-corrected chi connectivity index (χ2v) is 12.4. The largest absolute Gasteiger partial charge is 0.426 e. The molecule has 0 amide bonds. The van der Waals surface area contributed by atoms with E-state index in [4.69, 9.17) is 9.31 Å². The van der Waals surface area contributed by atoms with Gasteiger partial charge in [-0.05, 0) is 90.8 Å². The molecule has 1 aliphatic carbocycles. The van der Waals surface area contributed by atoms with Gasteiger partial charge in [-0.2, -0.15) is 0 Å². The molecule has 3 aliphatic rings. The molecule has 0 radical (unpaired) electrons. The topological polar surface area (TPSA) is 18.5 Å². The molecule has 2 aromatic rings. The summed E-state index contributed by atoms with van der Waals surface area (Å²) in [6.07, 6.45) is 3.15. The summed E-state index contributed by atoms with van der Waals surface area (Å²) in [5, 5.41) is 0. The normalized spacial score (nSPS) is 24.4. The zero-order chi connectivity index (χ0) is 22.4. The predicted octanol–water partition coefficient (Wildman–Crippen LogP) is 5.32. The van der Waals surface area contributed by atoms with Crippen LogP contribution in [0.25, 0.3) is 11.1 Å². The van der Waals surface area contributed by atoms with Gasteiger partial charge in [0.05, 0.1) is 11.2 Å². The summed E-state index contributed by atoms with van der Waals surface area (Å²) in [5.74, 6) is 0. The molecule has 0 saturated carbocycles. The number of hydrogen-bond donors (Lipinski definition) is 0. The fraction of sp³-hybridized carbons (Fsp3) is 0.556. The molecule has 162 valence electrons. The van der Waals surface area contributed by atoms with Crippen LogP contribution in [0.2, 0.25) is 12.6 Å². The Morgan fingerprint density at radius 1 is 0.613 bits per heavy atom. The first-order valence-corrected chi connectivity index (χ1v) is 11.9. The van der Waals surface area contributed by atoms with Crippen molar-refractivity contribution in [2.45, 2.75) is 85.7 Å². The maximum Gasteiger partial charge on any atom is 0.327 e. The Morgan fingerprint density at radius 2 is 1.00 bits per heavy atom. The third-order valence-corrected chi connectivity index (χ3v) is 9.20. The summed E-state index contributed by atoms with van der Waals surface area (Å²) < 4.78 is 13.0. The van der Waals surface area contributed by atoms with Gasteiger partial charge in [-0.3, -0.25) is 0 Å². The predicted molar refractivity (Wildman–Crippen MR) is 133 cm³/mol. The Balaban J connectivity index is 1.41. The van der Waals surface area contributed by atoms with Gasteiger partial charge in [0, 0.05) is 0 Å². The summed E-state index contributed by atoms with van der Waals surface area (Å²) in [6, 6.07) is 14.0. The Hall–Kier alpha value is -1.51. The molecule has 0 aromatic heterocycles. The molecule has 2 fully saturated rings. The van der Waals surface area contributed by atoms with E-state index in [1.807, 2.05) is 0 Å². The smallest absolute Gasteiger partial charge is 0.327 e. The van der Waals surface area contributed by atoms with Crippen molar-refractivity contribution in [2.24, 2.45) is 10.8 Å². The van der Waals surface area contributed by atoms with E-state index < -0.39 is 0 Å². The monoisotopic (exact) mass is 414 g/mol. The minimum atomic E-state index is -0.0998. The lowest BCUT2D eigenvalue weighted by atomic mass is 9.54. The molecule has 0 bridgehead atoms. The number of hydrogen-bond acceptors (Lipinski definition) is 2. The maximum atomic E-state index is 6.50. The van der Waals surface area contributed by atoms with Gasteiger partial charge in [0.1, 0.15) is 0 Å². The van der Waals surface area contributed by atoms with Crippen molar-refractivity contribution in [1.29, 1.82) is 0 Å². The zero-order valence-electron chi connectivity index (χ0n) is 20.6. The minimum absolute atomic E-state index is 0.0998. The quantitative estimate of drug-likeness (QED) is 0.529. The second-order valence-electron chi connectivity index (χ2n) is 12.4. The molecule has 0 atom stereocenters. The molecule has 5 rings (SSSR count). The highest BCUT2D eigenvalue weighted by molar-refractivity contribution is 6.68. The van der Waals surface area contributed by atoms with Gasteiger partial charge >= 0.3 is 13.8 Å². The molecular weight excluding hydrogens is 378 g/mol. The van der Waals surface area contributed by atoms with Crippen molar-refractivity contribution in [3.63, 3.8) is 0 Å². The number of fused-ring (bicyclic) bond motifs is 3. The van der Waals surface area contributed by atoms with Crippen molar-refractivity contribution in [3.05, 3.63) is 47.5 Å². The van der Waals surface area contributed by atoms with Crippen LogP contribution in [-0.4, -0.2) is 25.0 Å². The Morgan fingerprint density at radius 3 is 1.32 bits per heavy atom. The van der Waals surface area contributed by atoms with E-state index in [9.17, 15) is 0 Å². The van der Waals surface area contributed by atoms with E-state index in [1.165, 1.54) is 33.2 Å². The molecule has 31 heavy (non-hydrogen) atoms. The summed E-state index contributed by atoms with van der Waals surface area (Å²) in [6.45, 7) is 18.6. The SMILES string of the molecule is CC1(C)CB(c2ccc3c(c2)Cc2cc(B4CC(C)(C)C(C)(C)O4)ccc2-3)OC1(C)C. The lowest BCUT2D eigenvalue weighted by Crippen LogP contribution is -2.36. The summed E-state index contributed by atoms with van der Waals surface area (Å²) in [7, 11) is 0. The number of rotatable bonds is 2. The van der Waals surface area contributed by atoms with E-state index in [2.05, 4.69) is 91.8 Å². The zero-order valence-corrected chi connectivity index (χ0v) is 20.6. The van der Waals surface area contributed by atoms with Crippen LogP contribution in [0.5, 0.6) is 0 Å². The fourth-order valence-electron chi connectivity index (χ4n) is 5.56. The minimum Gasteiger partial charge on any atom is -0.426 e. The average Bonchev–Trinajstić information content (AvgIpc) is 3.20. The van der Waals surface area contributed by atoms with Gasteiger partial charge in [-0.25, -0.2) is 0 Å². The highest BCUT2D eigenvalue weighted by atomic mass is 16.5. The molecule has 2 nitrogen and oxygen atoms in total. The lowest BCUT2D eigenvalue weighted by molar-refractivity contribution is 0.0374. The van der Waals surface area contributed by atoms with Crippen LogP contribution < -0.4 is 10.9 Å². The van der Waals surface area contributed by atoms with Crippen molar-refractivity contribution >= 4 is 24.8 Å². The second kappa shape index (κ2) is 6.51. The summed E-state index contributed by atoms with van der Waals surface area (Å²) >= 11 is 0. The van der Waals surface area contributed by atoms with Gasteiger partial charge in [0.2, 0.25) is 0 Å². The highest BCUT2D eigenvalue weighted by Gasteiger charge is 2.51. The van der Waals surface area contributed by atoms with E-state index >= 15 is 0 Å². The first-order chi connectivity index (χ1) is 14.3. The van der Waals surface area contributed by atoms with Crippen LogP contribution in [0.4, 0.5) is 0 Å². The average molecular weight is 414 g/mol. The molecular formula is C27H36B2O2. The van der Waals surface area contributed by atoms with Crippen molar-refractivity contribution in [2.75, 3.05) is 0 Å². The van der Waals surface area contributed by atoms with Crippen LogP contribution in [0.3, 0.4) is 0 Å². The first kappa shape index (κ1) is 21.3. The molecule has 4 heteroatoms. The Bertz CT molecular complexity index is 936. The highest BCUT2D eigenvalue weighted by Crippen LogP contribution is 2.46. The molecule has 2 saturated heterocycles. The Kier molecular flexibility index (Phi) is 4.48. The molecule has 0 unspecified atom stereocenters. The van der Waals surface area contributed by atoms with E-state index in [-0.39, 0.29) is 35.9 Å².